The third-order valence-corrected chi connectivity index (χ3v) is 2.25. The number of hydrogen-bond acceptors (Lipinski definition) is 4. The Hall–Kier alpha value is -2.81. The molecular formula is C12H11N5O2. The van der Waals surface area contributed by atoms with Crippen molar-refractivity contribution in [1.29, 1.82) is 5.26 Å². The number of rotatable bonds is 4. The summed E-state index contributed by atoms with van der Waals surface area (Å²) < 4.78 is 0. The summed E-state index contributed by atoms with van der Waals surface area (Å²) in [5, 5.41) is 13.1. The number of nitrogens with zero attached hydrogens (tertiary/aromatic N) is 5. The number of carbonyl (C=O) groups is 1. The number of azide groups is 1. The Morgan fingerprint density at radius 2 is 2.37 bits per heavy atom. The molecule has 1 amide bonds. The van der Waals surface area contributed by atoms with E-state index in [9.17, 15) is 4.79 Å². The largest absolute Gasteiger partial charge is 0.279 e. The molecule has 96 valence electrons. The van der Waals surface area contributed by atoms with E-state index in [-0.39, 0.29) is 5.70 Å². The zero-order chi connectivity index (χ0) is 14.3. The number of benzene rings is 1. The van der Waals surface area contributed by atoms with Crippen LogP contribution in [0.15, 0.2) is 35.1 Å². The van der Waals surface area contributed by atoms with E-state index in [1.165, 1.54) is 20.2 Å². The minimum atomic E-state index is -0.581. The summed E-state index contributed by atoms with van der Waals surface area (Å²) in [6.07, 6.45) is 1.39. The molecule has 0 unspecified atom stereocenters. The highest BCUT2D eigenvalue weighted by Crippen LogP contribution is 2.12. The summed E-state index contributed by atoms with van der Waals surface area (Å²) in [5.41, 5.74) is 9.38. The van der Waals surface area contributed by atoms with Crippen LogP contribution >= 0.6 is 0 Å². The van der Waals surface area contributed by atoms with E-state index in [1.54, 1.807) is 24.3 Å². The molecular weight excluding hydrogens is 246 g/mol. The van der Waals surface area contributed by atoms with Gasteiger partial charge in [-0.3, -0.25) is 9.63 Å². The normalized spacial score (nSPS) is 10.3. The predicted octanol–water partition coefficient (Wildman–Crippen LogP) is 2.23. The molecule has 0 spiro atoms. The lowest BCUT2D eigenvalue weighted by molar-refractivity contribution is -0.163. The van der Waals surface area contributed by atoms with Gasteiger partial charge < -0.3 is 0 Å². The Morgan fingerprint density at radius 1 is 1.63 bits per heavy atom. The number of likely N-dealkylation sites (N-methyl/N-ethyl adjacent to an activating group) is 1. The predicted molar refractivity (Wildman–Crippen MR) is 68.1 cm³/mol. The minimum Gasteiger partial charge on any atom is -0.274 e. The second-order valence-corrected chi connectivity index (χ2v) is 3.44. The first-order valence-corrected chi connectivity index (χ1v) is 5.21. The molecule has 0 bridgehead atoms. The van der Waals surface area contributed by atoms with E-state index in [0.29, 0.717) is 11.1 Å². The van der Waals surface area contributed by atoms with Crippen LogP contribution in [0.1, 0.15) is 11.1 Å². The Bertz CT molecular complexity index is 596. The first kappa shape index (κ1) is 14.3. The molecule has 0 N–H and O–H groups in total. The molecule has 0 aromatic heterocycles. The van der Waals surface area contributed by atoms with Crippen molar-refractivity contribution < 1.29 is 9.63 Å². The summed E-state index contributed by atoms with van der Waals surface area (Å²) in [7, 11) is 2.72. The van der Waals surface area contributed by atoms with Gasteiger partial charge >= 0.3 is 0 Å². The molecule has 0 aliphatic heterocycles. The van der Waals surface area contributed by atoms with Crippen LogP contribution in [0.3, 0.4) is 0 Å². The van der Waals surface area contributed by atoms with Crippen LogP contribution in [0.2, 0.25) is 0 Å². The summed E-state index contributed by atoms with van der Waals surface area (Å²) >= 11 is 0. The molecule has 0 saturated heterocycles. The van der Waals surface area contributed by atoms with Gasteiger partial charge in [0.2, 0.25) is 0 Å². The smallest absolute Gasteiger partial charge is 0.274 e. The van der Waals surface area contributed by atoms with Crippen LogP contribution in [-0.2, 0) is 9.63 Å². The van der Waals surface area contributed by atoms with Gasteiger partial charge in [0.15, 0.2) is 0 Å². The van der Waals surface area contributed by atoms with E-state index < -0.39 is 5.91 Å². The van der Waals surface area contributed by atoms with E-state index in [4.69, 9.17) is 15.6 Å². The highest BCUT2D eigenvalue weighted by molar-refractivity contribution is 5.96. The maximum Gasteiger partial charge on any atom is 0.279 e. The molecule has 0 aliphatic carbocycles. The average Bonchev–Trinajstić information content (AvgIpc) is 2.45. The van der Waals surface area contributed by atoms with Gasteiger partial charge in [-0.1, -0.05) is 17.2 Å². The Labute approximate surface area is 109 Å². The van der Waals surface area contributed by atoms with Gasteiger partial charge in [-0.05, 0) is 29.3 Å². The van der Waals surface area contributed by atoms with Crippen LogP contribution in [0, 0.1) is 11.3 Å². The van der Waals surface area contributed by atoms with Gasteiger partial charge in [0, 0.05) is 12.0 Å². The van der Waals surface area contributed by atoms with Crippen molar-refractivity contribution in [2.24, 2.45) is 5.11 Å². The molecule has 0 fully saturated rings. The highest BCUT2D eigenvalue weighted by atomic mass is 16.7. The lowest BCUT2D eigenvalue weighted by Crippen LogP contribution is -2.26. The molecule has 1 rings (SSSR count). The van der Waals surface area contributed by atoms with Crippen LogP contribution in [0.4, 0.5) is 0 Å². The van der Waals surface area contributed by atoms with Crippen LogP contribution < -0.4 is 0 Å². The van der Waals surface area contributed by atoms with E-state index in [2.05, 4.69) is 10.0 Å². The molecule has 0 radical (unpaired) electrons. The first-order valence-electron chi connectivity index (χ1n) is 5.21. The second kappa shape index (κ2) is 6.81. The molecule has 19 heavy (non-hydrogen) atoms. The zero-order valence-corrected chi connectivity index (χ0v) is 10.4. The van der Waals surface area contributed by atoms with Crippen LogP contribution in [-0.4, -0.2) is 25.1 Å². The van der Waals surface area contributed by atoms with Crippen molar-refractivity contribution in [3.63, 3.8) is 0 Å². The summed E-state index contributed by atoms with van der Waals surface area (Å²) in [6.45, 7) is 0. The fourth-order valence-electron chi connectivity index (χ4n) is 1.28. The van der Waals surface area contributed by atoms with Crippen molar-refractivity contribution in [2.45, 2.75) is 0 Å². The summed E-state index contributed by atoms with van der Waals surface area (Å²) in [5.74, 6) is -0.581. The van der Waals surface area contributed by atoms with Crippen molar-refractivity contribution in [3.05, 3.63) is 51.5 Å². The molecule has 7 heteroatoms. The first-order chi connectivity index (χ1) is 9.12. The number of amides is 1. The number of carbonyl (C=O) groups excluding carboxylic acids is 1. The third kappa shape index (κ3) is 3.85. The van der Waals surface area contributed by atoms with Gasteiger partial charge in [-0.2, -0.15) is 5.26 Å². The molecule has 1 aromatic rings. The minimum absolute atomic E-state index is 0.123. The van der Waals surface area contributed by atoms with Crippen LogP contribution in [0.25, 0.3) is 16.5 Å². The van der Waals surface area contributed by atoms with Crippen molar-refractivity contribution in [3.8, 4) is 6.07 Å². The lowest BCUT2D eigenvalue weighted by Gasteiger charge is -2.13. The SMILES string of the molecule is CON(C)C(=O)/C(=C/c1cccc(C#N)c1)N=[N+]=[N-]. The third-order valence-electron chi connectivity index (χ3n) is 2.25. The molecule has 0 saturated carbocycles. The van der Waals surface area contributed by atoms with E-state index >= 15 is 0 Å². The van der Waals surface area contributed by atoms with Gasteiger partial charge in [0.1, 0.15) is 5.70 Å². The highest BCUT2D eigenvalue weighted by Gasteiger charge is 2.13. The standard InChI is InChI=1S/C12H11N5O2/c1-17(19-2)12(18)11(15-16-14)7-9-4-3-5-10(6-9)8-13/h3-7H,1-2H3/b11-7-. The Balaban J connectivity index is 3.18. The van der Waals surface area contributed by atoms with E-state index in [0.717, 1.165) is 5.06 Å². The van der Waals surface area contributed by atoms with E-state index in [1.807, 2.05) is 6.07 Å². The molecule has 1 aromatic carbocycles. The zero-order valence-electron chi connectivity index (χ0n) is 10.4. The second-order valence-electron chi connectivity index (χ2n) is 3.44. The number of nitriles is 1. The number of hydroxylamine groups is 2. The average molecular weight is 257 g/mol. The fourth-order valence-corrected chi connectivity index (χ4v) is 1.28. The van der Waals surface area contributed by atoms with Gasteiger partial charge in [0.25, 0.3) is 5.91 Å². The van der Waals surface area contributed by atoms with Crippen molar-refractivity contribution in [1.82, 2.24) is 5.06 Å². The van der Waals surface area contributed by atoms with Gasteiger partial charge in [-0.25, -0.2) is 5.06 Å². The van der Waals surface area contributed by atoms with Crippen molar-refractivity contribution >= 4 is 12.0 Å². The van der Waals surface area contributed by atoms with Crippen molar-refractivity contribution in [2.75, 3.05) is 14.2 Å². The Morgan fingerprint density at radius 3 is 2.95 bits per heavy atom. The topological polar surface area (TPSA) is 102 Å². The molecule has 0 heterocycles. The molecule has 0 aliphatic rings. The monoisotopic (exact) mass is 257 g/mol. The van der Waals surface area contributed by atoms with Gasteiger partial charge in [0.05, 0.1) is 18.7 Å². The quantitative estimate of drug-likeness (QED) is 0.271. The Kier molecular flexibility index (Phi) is 5.11. The molecule has 7 nitrogen and oxygen atoms in total. The summed E-state index contributed by atoms with van der Waals surface area (Å²) in [6, 6.07) is 8.55. The molecule has 0 atom stereocenters. The lowest BCUT2D eigenvalue weighted by atomic mass is 10.1. The number of hydrogen-bond donors (Lipinski definition) is 0. The van der Waals surface area contributed by atoms with Crippen LogP contribution in [0.5, 0.6) is 0 Å². The maximum absolute atomic E-state index is 11.8. The fraction of sp³-hybridized carbons (Fsp3) is 0.167. The summed E-state index contributed by atoms with van der Waals surface area (Å²) in [4.78, 5) is 19.2. The van der Waals surface area contributed by atoms with Gasteiger partial charge in [-0.15, -0.1) is 0 Å². The maximum atomic E-state index is 11.8.